The van der Waals surface area contributed by atoms with Crippen molar-refractivity contribution in [1.29, 1.82) is 0 Å². The van der Waals surface area contributed by atoms with Crippen molar-refractivity contribution in [3.05, 3.63) is 47.4 Å². The van der Waals surface area contributed by atoms with Gasteiger partial charge >= 0.3 is 5.97 Å². The van der Waals surface area contributed by atoms with E-state index in [-0.39, 0.29) is 48.2 Å². The number of hydrogen-bond acceptors (Lipinski definition) is 9. The predicted octanol–water partition coefficient (Wildman–Crippen LogP) is 4.31. The first-order valence-corrected chi connectivity index (χ1v) is 14.0. The lowest BCUT2D eigenvalue weighted by molar-refractivity contribution is -0.290. The zero-order valence-corrected chi connectivity index (χ0v) is 22.8. The van der Waals surface area contributed by atoms with E-state index in [9.17, 15) is 17.6 Å². The van der Waals surface area contributed by atoms with Crippen LogP contribution in [-0.4, -0.2) is 61.6 Å². The van der Waals surface area contributed by atoms with E-state index >= 15 is 0 Å². The Morgan fingerprint density at radius 3 is 2.51 bits per heavy atom. The van der Waals surface area contributed by atoms with Gasteiger partial charge in [0, 0.05) is 23.8 Å². The molecule has 11 heteroatoms. The molecule has 0 saturated carbocycles. The molecular weight excluding hydrogens is 501 g/mol. The van der Waals surface area contributed by atoms with Crippen LogP contribution in [0.1, 0.15) is 57.7 Å². The number of sulfone groups is 1. The van der Waals surface area contributed by atoms with E-state index < -0.39 is 15.6 Å². The lowest BCUT2D eigenvalue weighted by atomic mass is 9.97. The van der Waals surface area contributed by atoms with E-state index in [2.05, 4.69) is 15.3 Å². The van der Waals surface area contributed by atoms with Crippen molar-refractivity contribution in [2.75, 3.05) is 24.6 Å². The zero-order chi connectivity index (χ0) is 27.4. The summed E-state index contributed by atoms with van der Waals surface area (Å²) in [7, 11) is -1.98. The van der Waals surface area contributed by atoms with Gasteiger partial charge in [-0.1, -0.05) is 26.0 Å². The van der Waals surface area contributed by atoms with Gasteiger partial charge in [-0.15, -0.1) is 0 Å². The summed E-state index contributed by atoms with van der Waals surface area (Å²) in [5, 5.41) is 2.78. The van der Waals surface area contributed by atoms with Gasteiger partial charge in [0.25, 0.3) is 0 Å². The molecule has 0 radical (unpaired) electrons. The Morgan fingerprint density at radius 2 is 1.92 bits per heavy atom. The summed E-state index contributed by atoms with van der Waals surface area (Å²) in [4.78, 5) is 21.0. The lowest BCUT2D eigenvalue weighted by Crippen LogP contribution is -2.44. The van der Waals surface area contributed by atoms with Crippen LogP contribution in [0.25, 0.3) is 17.3 Å². The largest absolute Gasteiger partial charge is 0.469 e. The van der Waals surface area contributed by atoms with Crippen LogP contribution >= 0.6 is 0 Å². The van der Waals surface area contributed by atoms with Crippen molar-refractivity contribution >= 4 is 27.8 Å². The average molecular weight is 536 g/mol. The fraction of sp³-hybridized carbons (Fsp3) is 0.500. The Bertz CT molecular complexity index is 1250. The molecule has 2 aromatic rings. The van der Waals surface area contributed by atoms with Gasteiger partial charge in [0.2, 0.25) is 5.95 Å². The Hall–Kier alpha value is -2.89. The maximum Gasteiger partial charge on any atom is 0.308 e. The molecule has 0 unspecified atom stereocenters. The Labute approximate surface area is 217 Å². The third-order valence-electron chi connectivity index (χ3n) is 5.61. The molecule has 9 nitrogen and oxygen atoms in total. The number of rotatable bonds is 9. The van der Waals surface area contributed by atoms with Crippen molar-refractivity contribution in [2.24, 2.45) is 0 Å². The smallest absolute Gasteiger partial charge is 0.308 e. The fourth-order valence-corrected chi connectivity index (χ4v) is 4.45. The van der Waals surface area contributed by atoms with E-state index in [0.29, 0.717) is 28.9 Å². The fourth-order valence-electron chi connectivity index (χ4n) is 4.06. The average Bonchev–Trinajstić information content (AvgIpc) is 2.80. The van der Waals surface area contributed by atoms with Crippen LogP contribution in [0.5, 0.6) is 0 Å². The first kappa shape index (κ1) is 28.7. The highest BCUT2D eigenvalue weighted by Crippen LogP contribution is 2.33. The van der Waals surface area contributed by atoms with Gasteiger partial charge in [-0.3, -0.25) is 4.79 Å². The molecule has 1 aliphatic rings. The Balaban J connectivity index is 2.04. The number of esters is 1. The summed E-state index contributed by atoms with van der Waals surface area (Å²) in [6.07, 6.45) is 4.63. The predicted molar refractivity (Wildman–Crippen MR) is 139 cm³/mol. The molecule has 0 aliphatic carbocycles. The number of benzene rings is 1. The Kier molecular flexibility index (Phi) is 9.04. The third kappa shape index (κ3) is 8.31. The van der Waals surface area contributed by atoms with Crippen LogP contribution in [0.4, 0.5) is 10.3 Å². The van der Waals surface area contributed by atoms with Gasteiger partial charge in [0.1, 0.15) is 11.7 Å². The minimum atomic E-state index is -3.32. The number of anilines is 1. The number of nitrogens with zero attached hydrogens (tertiary/aromatic N) is 2. The molecule has 1 fully saturated rings. The van der Waals surface area contributed by atoms with Gasteiger partial charge in [-0.2, -0.15) is 0 Å². The summed E-state index contributed by atoms with van der Waals surface area (Å²) in [5.41, 5.74) is 2.54. The van der Waals surface area contributed by atoms with Crippen molar-refractivity contribution in [3.63, 3.8) is 0 Å². The van der Waals surface area contributed by atoms with Gasteiger partial charge in [-0.05, 0) is 44.0 Å². The summed E-state index contributed by atoms with van der Waals surface area (Å²) in [5.74, 6) is -1.87. The number of methoxy groups -OCH3 is 1. The second kappa shape index (κ2) is 11.7. The highest BCUT2D eigenvalue weighted by molar-refractivity contribution is 7.90. The Morgan fingerprint density at radius 1 is 1.24 bits per heavy atom. The normalized spacial score (nSPS) is 19.8. The van der Waals surface area contributed by atoms with Crippen LogP contribution < -0.4 is 5.32 Å². The molecule has 3 rings (SSSR count). The van der Waals surface area contributed by atoms with Crippen LogP contribution in [0.2, 0.25) is 0 Å². The number of nitrogens with one attached hydrogen (secondary N) is 1. The molecule has 1 aromatic carbocycles. The quantitative estimate of drug-likeness (QED) is 0.469. The second-order valence-corrected chi connectivity index (χ2v) is 11.9. The third-order valence-corrected chi connectivity index (χ3v) is 6.28. The minimum Gasteiger partial charge on any atom is -0.469 e. The molecule has 37 heavy (non-hydrogen) atoms. The van der Waals surface area contributed by atoms with E-state index in [0.717, 1.165) is 6.26 Å². The van der Waals surface area contributed by atoms with Crippen molar-refractivity contribution in [1.82, 2.24) is 9.97 Å². The number of carbonyl (C=O) groups excluding carboxylic acids is 1. The highest BCUT2D eigenvalue weighted by atomic mass is 32.2. The molecule has 1 saturated heterocycles. The molecule has 1 aromatic heterocycles. The monoisotopic (exact) mass is 535 g/mol. The summed E-state index contributed by atoms with van der Waals surface area (Å²) >= 11 is 0. The molecule has 202 valence electrons. The minimum absolute atomic E-state index is 0.0419. The lowest BCUT2D eigenvalue weighted by Gasteiger charge is -2.39. The zero-order valence-electron chi connectivity index (χ0n) is 21.9. The van der Waals surface area contributed by atoms with Crippen LogP contribution in [0.15, 0.2) is 30.3 Å². The van der Waals surface area contributed by atoms with Crippen molar-refractivity contribution in [2.45, 2.75) is 64.4 Å². The first-order valence-electron chi connectivity index (χ1n) is 12.0. The van der Waals surface area contributed by atoms with E-state index in [4.69, 9.17) is 14.2 Å². The summed E-state index contributed by atoms with van der Waals surface area (Å²) in [6, 6.07) is 5.90. The van der Waals surface area contributed by atoms with Crippen molar-refractivity contribution < 1.29 is 31.8 Å². The maximum absolute atomic E-state index is 13.7. The standard InChI is InChI=1S/C26H34FN3O6S/c1-16(2)23-21(12-11-19-13-20(14-22(31)34-5)36-26(3,4)35-19)24(17-7-9-18(27)10-8-17)30-25(29-23)28-15-37(6,32)33/h7-12,16,19-20H,13-15H2,1-6H3,(H,28,29,30)/b12-11+/t19-,20-/m1/s1. The van der Waals surface area contributed by atoms with Gasteiger partial charge < -0.3 is 19.5 Å². The number of aromatic nitrogens is 2. The number of carbonyl (C=O) groups is 1. The maximum atomic E-state index is 13.7. The molecular formula is C26H34FN3O6S. The molecule has 0 amide bonds. The van der Waals surface area contributed by atoms with Gasteiger partial charge in [0.05, 0.1) is 37.1 Å². The van der Waals surface area contributed by atoms with Crippen molar-refractivity contribution in [3.8, 4) is 11.3 Å². The molecule has 0 bridgehead atoms. The van der Waals surface area contributed by atoms with Gasteiger partial charge in [-0.25, -0.2) is 22.8 Å². The molecule has 1 aliphatic heterocycles. The molecule has 2 heterocycles. The van der Waals surface area contributed by atoms with E-state index in [1.54, 1.807) is 26.0 Å². The SMILES string of the molecule is COC(=O)C[C@H]1C[C@@H](/C=C/c2c(-c3ccc(F)cc3)nc(NCS(C)(=O)=O)nc2C(C)C)OC(C)(C)O1. The van der Waals surface area contributed by atoms with E-state index in [1.165, 1.54) is 19.2 Å². The number of halogens is 1. The molecule has 1 N–H and O–H groups in total. The van der Waals surface area contributed by atoms with Crippen LogP contribution in [-0.2, 0) is 28.8 Å². The summed E-state index contributed by atoms with van der Waals surface area (Å²) in [6.45, 7) is 7.50. The molecule has 2 atom stereocenters. The van der Waals surface area contributed by atoms with Crippen LogP contribution in [0, 0.1) is 5.82 Å². The highest BCUT2D eigenvalue weighted by Gasteiger charge is 2.35. The summed E-state index contributed by atoms with van der Waals surface area (Å²) < 4.78 is 53.8. The van der Waals surface area contributed by atoms with E-state index in [1.807, 2.05) is 26.0 Å². The first-order chi connectivity index (χ1) is 17.3. The van der Waals surface area contributed by atoms with Crippen LogP contribution in [0.3, 0.4) is 0 Å². The van der Waals surface area contributed by atoms with Gasteiger partial charge in [0.15, 0.2) is 15.6 Å². The molecule has 0 spiro atoms. The topological polar surface area (TPSA) is 117 Å². The number of hydrogen-bond donors (Lipinski definition) is 1. The number of ether oxygens (including phenoxy) is 3. The second-order valence-electron chi connectivity index (χ2n) is 9.77.